The minimum Gasteiger partial charge on any atom is -0.382 e. The second kappa shape index (κ2) is 9.18. The SMILES string of the molecule is O=C(Cc1ccc(N2C(=O)Cc3cc(NC4CC4)ccc3C2=O)nc1)CS(=O)(=O)c1ccc(Cl)s1. The number of Topliss-reactive ketones (excluding diaryl/α,β-unsaturated/α-hetero) is 1. The summed E-state index contributed by atoms with van der Waals surface area (Å²) in [5, 5.41) is 3.37. The number of nitrogens with zero attached hydrogens (tertiary/aromatic N) is 2. The molecule has 1 saturated carbocycles. The van der Waals surface area contributed by atoms with E-state index >= 15 is 0 Å². The van der Waals surface area contributed by atoms with Crippen LogP contribution in [0.25, 0.3) is 0 Å². The number of amides is 2. The van der Waals surface area contributed by atoms with E-state index in [0.29, 0.717) is 27.1 Å². The summed E-state index contributed by atoms with van der Waals surface area (Å²) in [6.45, 7) is 0. The van der Waals surface area contributed by atoms with Crippen LogP contribution in [0.1, 0.15) is 34.3 Å². The summed E-state index contributed by atoms with van der Waals surface area (Å²) in [5.41, 5.74) is 2.51. The van der Waals surface area contributed by atoms with Gasteiger partial charge in [0.05, 0.1) is 10.8 Å². The summed E-state index contributed by atoms with van der Waals surface area (Å²) in [7, 11) is -3.77. The van der Waals surface area contributed by atoms with Crippen LogP contribution in [0.15, 0.2) is 52.9 Å². The summed E-state index contributed by atoms with van der Waals surface area (Å²) in [6, 6.07) is 11.8. The molecule has 1 N–H and O–H groups in total. The van der Waals surface area contributed by atoms with Gasteiger partial charge in [-0.1, -0.05) is 17.7 Å². The highest BCUT2D eigenvalue weighted by atomic mass is 35.5. The Labute approximate surface area is 210 Å². The van der Waals surface area contributed by atoms with Crippen molar-refractivity contribution in [2.75, 3.05) is 16.0 Å². The minimum absolute atomic E-state index is 0.0437. The molecule has 1 fully saturated rings. The average molecular weight is 530 g/mol. The lowest BCUT2D eigenvalue weighted by Crippen LogP contribution is -2.43. The summed E-state index contributed by atoms with van der Waals surface area (Å²) in [5.74, 6) is -1.83. The van der Waals surface area contributed by atoms with E-state index in [2.05, 4.69) is 10.3 Å². The van der Waals surface area contributed by atoms with Gasteiger partial charge in [-0.15, -0.1) is 11.3 Å². The van der Waals surface area contributed by atoms with Crippen molar-refractivity contribution in [2.24, 2.45) is 0 Å². The Morgan fingerprint density at radius 2 is 1.94 bits per heavy atom. The Morgan fingerprint density at radius 3 is 2.60 bits per heavy atom. The van der Waals surface area contributed by atoms with Crippen LogP contribution in [0.2, 0.25) is 4.34 Å². The number of fused-ring (bicyclic) bond motifs is 1. The molecule has 2 amide bonds. The Hall–Kier alpha value is -3.08. The zero-order chi connectivity index (χ0) is 24.7. The van der Waals surface area contributed by atoms with Gasteiger partial charge in [0.15, 0.2) is 15.6 Å². The van der Waals surface area contributed by atoms with Gasteiger partial charge in [-0.3, -0.25) is 14.4 Å². The van der Waals surface area contributed by atoms with Gasteiger partial charge in [-0.25, -0.2) is 18.3 Å². The smallest absolute Gasteiger partial charge is 0.266 e. The van der Waals surface area contributed by atoms with E-state index < -0.39 is 27.3 Å². The number of nitrogens with one attached hydrogen (secondary N) is 1. The molecule has 8 nitrogen and oxygen atoms in total. The van der Waals surface area contributed by atoms with Crippen LogP contribution in [0.4, 0.5) is 11.5 Å². The molecule has 1 aliphatic carbocycles. The van der Waals surface area contributed by atoms with Crippen molar-refractivity contribution < 1.29 is 22.8 Å². The number of thiophene rings is 1. The van der Waals surface area contributed by atoms with Crippen LogP contribution in [0.3, 0.4) is 0 Å². The highest BCUT2D eigenvalue weighted by Gasteiger charge is 2.33. The van der Waals surface area contributed by atoms with Crippen LogP contribution in [-0.2, 0) is 32.3 Å². The molecular weight excluding hydrogens is 510 g/mol. The van der Waals surface area contributed by atoms with Gasteiger partial charge >= 0.3 is 0 Å². The van der Waals surface area contributed by atoms with Crippen LogP contribution >= 0.6 is 22.9 Å². The van der Waals surface area contributed by atoms with Crippen LogP contribution in [-0.4, -0.2) is 42.8 Å². The Kier molecular flexibility index (Phi) is 6.20. The molecule has 0 radical (unpaired) electrons. The summed E-state index contributed by atoms with van der Waals surface area (Å²) < 4.78 is 25.1. The number of rotatable bonds is 8. The van der Waals surface area contributed by atoms with Gasteiger partial charge in [0.25, 0.3) is 5.91 Å². The zero-order valence-electron chi connectivity index (χ0n) is 18.4. The molecule has 1 aliphatic heterocycles. The number of pyridine rings is 1. The fraction of sp³-hybridized carbons (Fsp3) is 0.250. The van der Waals surface area contributed by atoms with E-state index in [9.17, 15) is 22.8 Å². The molecule has 35 heavy (non-hydrogen) atoms. The predicted molar refractivity (Wildman–Crippen MR) is 133 cm³/mol. The zero-order valence-corrected chi connectivity index (χ0v) is 20.8. The number of carbonyl (C=O) groups excluding carboxylic acids is 3. The third kappa shape index (κ3) is 5.14. The monoisotopic (exact) mass is 529 g/mol. The molecule has 5 rings (SSSR count). The summed E-state index contributed by atoms with van der Waals surface area (Å²) in [6.07, 6.45) is 3.55. The molecule has 0 spiro atoms. The average Bonchev–Trinajstić information content (AvgIpc) is 3.49. The lowest BCUT2D eigenvalue weighted by Gasteiger charge is -2.26. The normalized spacial score (nSPS) is 15.7. The first-order valence-electron chi connectivity index (χ1n) is 10.9. The molecule has 3 aromatic rings. The number of hydrogen-bond acceptors (Lipinski definition) is 8. The van der Waals surface area contributed by atoms with E-state index in [0.717, 1.165) is 34.8 Å². The molecule has 0 bridgehead atoms. The van der Waals surface area contributed by atoms with Crippen molar-refractivity contribution >= 4 is 61.9 Å². The largest absolute Gasteiger partial charge is 0.382 e. The van der Waals surface area contributed by atoms with E-state index in [1.54, 1.807) is 12.1 Å². The molecule has 2 aliphatic rings. The maximum atomic E-state index is 13.0. The van der Waals surface area contributed by atoms with E-state index in [-0.39, 0.29) is 28.8 Å². The summed E-state index contributed by atoms with van der Waals surface area (Å²) >= 11 is 6.70. The van der Waals surface area contributed by atoms with Gasteiger partial charge in [-0.2, -0.15) is 0 Å². The predicted octanol–water partition coefficient (Wildman–Crippen LogP) is 3.69. The third-order valence-corrected chi connectivity index (χ3v) is 9.21. The first-order valence-corrected chi connectivity index (χ1v) is 13.8. The molecule has 1 aromatic carbocycles. The van der Waals surface area contributed by atoms with Gasteiger partial charge in [0.2, 0.25) is 5.91 Å². The molecular formula is C24H20ClN3O5S2. The maximum Gasteiger partial charge on any atom is 0.266 e. The van der Waals surface area contributed by atoms with Crippen LogP contribution < -0.4 is 10.2 Å². The molecule has 0 saturated heterocycles. The van der Waals surface area contributed by atoms with Gasteiger partial charge in [0.1, 0.15) is 15.8 Å². The molecule has 11 heteroatoms. The molecule has 0 atom stereocenters. The standard InChI is InChI=1S/C24H20ClN3O5S2/c25-20-6-8-23(34-20)35(32,33)13-18(29)9-14-1-7-21(26-12-14)28-22(30)11-15-10-17(27-16-2-3-16)4-5-19(15)24(28)31/h1,4-8,10,12,16,27H,2-3,9,11,13H2. The van der Waals surface area contributed by atoms with E-state index in [1.807, 2.05) is 12.1 Å². The number of sulfone groups is 1. The first-order chi connectivity index (χ1) is 16.7. The van der Waals surface area contributed by atoms with Crippen LogP contribution in [0, 0.1) is 0 Å². The van der Waals surface area contributed by atoms with E-state index in [1.165, 1.54) is 24.4 Å². The Bertz CT molecular complexity index is 1450. The fourth-order valence-corrected chi connectivity index (χ4v) is 6.70. The van der Waals surface area contributed by atoms with Crippen molar-refractivity contribution in [3.8, 4) is 0 Å². The molecule has 3 heterocycles. The van der Waals surface area contributed by atoms with Gasteiger partial charge < -0.3 is 5.32 Å². The van der Waals surface area contributed by atoms with Crippen molar-refractivity contribution in [2.45, 2.75) is 35.9 Å². The highest BCUT2D eigenvalue weighted by Crippen LogP contribution is 2.30. The number of aromatic nitrogens is 1. The number of benzene rings is 1. The minimum atomic E-state index is -3.77. The first kappa shape index (κ1) is 23.7. The van der Waals surface area contributed by atoms with Crippen molar-refractivity contribution in [3.63, 3.8) is 0 Å². The number of hydrogen-bond donors (Lipinski definition) is 1. The number of anilines is 2. The maximum absolute atomic E-state index is 13.0. The summed E-state index contributed by atoms with van der Waals surface area (Å²) in [4.78, 5) is 43.4. The second-order valence-electron chi connectivity index (χ2n) is 8.56. The van der Waals surface area contributed by atoms with Crippen molar-refractivity contribution in [1.82, 2.24) is 4.98 Å². The molecule has 2 aromatic heterocycles. The van der Waals surface area contributed by atoms with Gasteiger partial charge in [0, 0.05) is 29.9 Å². The number of carbonyl (C=O) groups is 3. The fourth-order valence-electron chi connectivity index (χ4n) is 3.89. The number of ketones is 1. The third-order valence-electron chi connectivity index (χ3n) is 5.72. The molecule has 180 valence electrons. The quantitative estimate of drug-likeness (QED) is 0.443. The topological polar surface area (TPSA) is 114 Å². The number of halogens is 1. The Balaban J connectivity index is 1.27. The van der Waals surface area contributed by atoms with Crippen molar-refractivity contribution in [3.05, 3.63) is 69.7 Å². The van der Waals surface area contributed by atoms with Crippen LogP contribution in [0.5, 0.6) is 0 Å². The second-order valence-corrected chi connectivity index (χ2v) is 12.5. The molecule has 0 unspecified atom stereocenters. The van der Waals surface area contributed by atoms with Crippen molar-refractivity contribution in [1.29, 1.82) is 0 Å². The van der Waals surface area contributed by atoms with Gasteiger partial charge in [-0.05, 0) is 60.4 Å². The number of imide groups is 1. The lowest BCUT2D eigenvalue weighted by molar-refractivity contribution is -0.118. The lowest BCUT2D eigenvalue weighted by atomic mass is 9.97. The Morgan fingerprint density at radius 1 is 1.14 bits per heavy atom. The van der Waals surface area contributed by atoms with E-state index in [4.69, 9.17) is 11.6 Å². The highest BCUT2D eigenvalue weighted by molar-refractivity contribution is 7.94.